The molecule has 1 N–H and O–H groups in total. The Bertz CT molecular complexity index is 937. The molecule has 4 heterocycles. The number of piperidine rings is 1. The highest BCUT2D eigenvalue weighted by Gasteiger charge is 2.46. The van der Waals surface area contributed by atoms with Gasteiger partial charge in [-0.3, -0.25) is 4.90 Å². The van der Waals surface area contributed by atoms with Gasteiger partial charge in [-0.25, -0.2) is 9.97 Å². The van der Waals surface area contributed by atoms with E-state index in [1.165, 1.54) is 12.8 Å². The molecule has 2 aliphatic rings. The maximum absolute atomic E-state index is 11.8. The number of rotatable bonds is 5. The second-order valence-corrected chi connectivity index (χ2v) is 8.50. The van der Waals surface area contributed by atoms with E-state index in [1.54, 1.807) is 6.20 Å². The Morgan fingerprint density at radius 2 is 1.87 bits per heavy atom. The number of imidazole rings is 1. The van der Waals surface area contributed by atoms with Gasteiger partial charge in [0.2, 0.25) is 0 Å². The monoisotopic (exact) mass is 403 g/mol. The summed E-state index contributed by atoms with van der Waals surface area (Å²) in [6.07, 6.45) is 10.7. The van der Waals surface area contributed by atoms with Gasteiger partial charge in [-0.15, -0.1) is 0 Å². The summed E-state index contributed by atoms with van der Waals surface area (Å²) in [4.78, 5) is 13.7. The van der Waals surface area contributed by atoms with E-state index >= 15 is 0 Å². The number of aromatic nitrogens is 3. The van der Waals surface area contributed by atoms with Crippen molar-refractivity contribution in [1.82, 2.24) is 19.4 Å². The zero-order chi connectivity index (χ0) is 20.4. The van der Waals surface area contributed by atoms with E-state index < -0.39 is 5.60 Å². The topological polar surface area (TPSA) is 57.4 Å². The van der Waals surface area contributed by atoms with Gasteiger partial charge in [0.05, 0.1) is 12.4 Å². The SMILES string of the molecule is O[C@]1(c2ccccc2)CCN(c2ccc(Cn3ccnc3)cn2)C[C@H]1N1CCCC1. The molecule has 2 saturated heterocycles. The molecule has 3 aromatic rings. The Balaban J connectivity index is 1.36. The summed E-state index contributed by atoms with van der Waals surface area (Å²) in [5.74, 6) is 0.990. The van der Waals surface area contributed by atoms with Gasteiger partial charge in [-0.05, 0) is 49.5 Å². The van der Waals surface area contributed by atoms with Crippen molar-refractivity contribution < 1.29 is 5.11 Å². The lowest BCUT2D eigenvalue weighted by Gasteiger charge is -2.49. The van der Waals surface area contributed by atoms with Crippen LogP contribution >= 0.6 is 0 Å². The van der Waals surface area contributed by atoms with E-state index in [-0.39, 0.29) is 6.04 Å². The molecular weight excluding hydrogens is 374 g/mol. The molecule has 30 heavy (non-hydrogen) atoms. The van der Waals surface area contributed by atoms with Crippen LogP contribution in [-0.2, 0) is 12.1 Å². The number of likely N-dealkylation sites (tertiary alicyclic amines) is 1. The lowest BCUT2D eigenvalue weighted by molar-refractivity contribution is -0.0603. The highest BCUT2D eigenvalue weighted by Crippen LogP contribution is 2.38. The Morgan fingerprint density at radius 1 is 1.03 bits per heavy atom. The van der Waals surface area contributed by atoms with Gasteiger partial charge >= 0.3 is 0 Å². The third-order valence-electron chi connectivity index (χ3n) is 6.62. The predicted molar refractivity (Wildman–Crippen MR) is 117 cm³/mol. The average molecular weight is 404 g/mol. The molecule has 1 aromatic carbocycles. The van der Waals surface area contributed by atoms with E-state index in [1.807, 2.05) is 41.5 Å². The molecular formula is C24H29N5O. The van der Waals surface area contributed by atoms with Crippen molar-refractivity contribution >= 4 is 5.82 Å². The number of nitrogens with zero attached hydrogens (tertiary/aromatic N) is 5. The Labute approximate surface area is 177 Å². The summed E-state index contributed by atoms with van der Waals surface area (Å²) in [7, 11) is 0. The molecule has 0 amide bonds. The normalized spacial score (nSPS) is 25.0. The Morgan fingerprint density at radius 3 is 2.57 bits per heavy atom. The van der Waals surface area contributed by atoms with Crippen LogP contribution in [0.15, 0.2) is 67.4 Å². The molecule has 0 aliphatic carbocycles. The minimum absolute atomic E-state index is 0.0728. The maximum Gasteiger partial charge on any atom is 0.128 e. The van der Waals surface area contributed by atoms with Crippen LogP contribution in [0, 0.1) is 0 Å². The average Bonchev–Trinajstić information content (AvgIpc) is 3.50. The summed E-state index contributed by atoms with van der Waals surface area (Å²) < 4.78 is 2.04. The molecule has 6 heteroatoms. The first-order valence-electron chi connectivity index (χ1n) is 10.9. The van der Waals surface area contributed by atoms with Gasteiger partial charge in [0.1, 0.15) is 11.4 Å². The fraction of sp³-hybridized carbons (Fsp3) is 0.417. The molecule has 2 atom stereocenters. The first kappa shape index (κ1) is 19.3. The zero-order valence-corrected chi connectivity index (χ0v) is 17.3. The van der Waals surface area contributed by atoms with Crippen LogP contribution in [0.5, 0.6) is 0 Å². The van der Waals surface area contributed by atoms with Gasteiger partial charge in [-0.1, -0.05) is 36.4 Å². The first-order chi connectivity index (χ1) is 14.7. The number of hydrogen-bond acceptors (Lipinski definition) is 5. The summed E-state index contributed by atoms with van der Waals surface area (Å²) in [6, 6.07) is 14.5. The number of pyridine rings is 1. The summed E-state index contributed by atoms with van der Waals surface area (Å²) in [5, 5.41) is 11.8. The molecule has 0 unspecified atom stereocenters. The second-order valence-electron chi connectivity index (χ2n) is 8.50. The van der Waals surface area contributed by atoms with Crippen LogP contribution < -0.4 is 4.90 Å². The third kappa shape index (κ3) is 3.73. The number of anilines is 1. The van der Waals surface area contributed by atoms with Crippen molar-refractivity contribution in [2.45, 2.75) is 37.5 Å². The molecule has 6 nitrogen and oxygen atoms in total. The van der Waals surface area contributed by atoms with E-state index in [0.717, 1.165) is 49.7 Å². The van der Waals surface area contributed by atoms with Crippen LogP contribution in [0.4, 0.5) is 5.82 Å². The summed E-state index contributed by atoms with van der Waals surface area (Å²) >= 11 is 0. The highest BCUT2D eigenvalue weighted by molar-refractivity contribution is 5.42. The van der Waals surface area contributed by atoms with Gasteiger partial charge < -0.3 is 14.6 Å². The molecule has 2 aliphatic heterocycles. The van der Waals surface area contributed by atoms with Crippen molar-refractivity contribution in [3.05, 3.63) is 78.5 Å². The maximum atomic E-state index is 11.8. The molecule has 2 aromatic heterocycles. The van der Waals surface area contributed by atoms with E-state index in [2.05, 4.69) is 39.0 Å². The summed E-state index contributed by atoms with van der Waals surface area (Å²) in [5.41, 5.74) is 1.37. The zero-order valence-electron chi connectivity index (χ0n) is 17.3. The predicted octanol–water partition coefficient (Wildman–Crippen LogP) is 2.89. The quantitative estimate of drug-likeness (QED) is 0.710. The molecule has 5 rings (SSSR count). The molecule has 2 fully saturated rings. The van der Waals surface area contributed by atoms with Crippen LogP contribution in [0.3, 0.4) is 0 Å². The van der Waals surface area contributed by atoms with Crippen LogP contribution in [0.1, 0.15) is 30.4 Å². The minimum atomic E-state index is -0.816. The van der Waals surface area contributed by atoms with Gasteiger partial charge in [0.25, 0.3) is 0 Å². The standard InChI is InChI=1S/C24H29N5O/c30-24(21-6-2-1-3-7-21)10-14-29(18-22(24)28-12-4-5-13-28)23-9-8-20(16-26-23)17-27-15-11-25-19-27/h1-3,6-9,11,15-16,19,22,30H,4-5,10,12-14,17-18H2/t22-,24+/m1/s1. The Kier molecular flexibility index (Phi) is 5.27. The van der Waals surface area contributed by atoms with E-state index in [0.29, 0.717) is 6.42 Å². The highest BCUT2D eigenvalue weighted by atomic mass is 16.3. The molecule has 0 radical (unpaired) electrons. The number of aliphatic hydroxyl groups is 1. The lowest BCUT2D eigenvalue weighted by Crippen LogP contribution is -2.60. The lowest BCUT2D eigenvalue weighted by atomic mass is 9.79. The number of benzene rings is 1. The fourth-order valence-corrected chi connectivity index (χ4v) is 4.95. The minimum Gasteiger partial charge on any atom is -0.383 e. The molecule has 0 saturated carbocycles. The van der Waals surface area contributed by atoms with Crippen LogP contribution in [0.25, 0.3) is 0 Å². The molecule has 0 spiro atoms. The summed E-state index contributed by atoms with van der Waals surface area (Å²) in [6.45, 7) is 4.48. The van der Waals surface area contributed by atoms with Crippen LogP contribution in [-0.4, -0.2) is 56.8 Å². The van der Waals surface area contributed by atoms with Gasteiger partial charge in [0, 0.05) is 38.2 Å². The smallest absolute Gasteiger partial charge is 0.128 e. The van der Waals surface area contributed by atoms with Crippen molar-refractivity contribution in [3.63, 3.8) is 0 Å². The largest absolute Gasteiger partial charge is 0.383 e. The van der Waals surface area contributed by atoms with Gasteiger partial charge in [-0.2, -0.15) is 0 Å². The molecule has 156 valence electrons. The first-order valence-corrected chi connectivity index (χ1v) is 10.9. The van der Waals surface area contributed by atoms with Crippen LogP contribution in [0.2, 0.25) is 0 Å². The second kappa shape index (κ2) is 8.20. The van der Waals surface area contributed by atoms with Crippen molar-refractivity contribution in [3.8, 4) is 0 Å². The van der Waals surface area contributed by atoms with E-state index in [4.69, 9.17) is 4.98 Å². The number of hydrogen-bond donors (Lipinski definition) is 1. The molecule has 0 bridgehead atoms. The fourth-order valence-electron chi connectivity index (χ4n) is 4.95. The van der Waals surface area contributed by atoms with Crippen molar-refractivity contribution in [1.29, 1.82) is 0 Å². The third-order valence-corrected chi connectivity index (χ3v) is 6.62. The van der Waals surface area contributed by atoms with Crippen molar-refractivity contribution in [2.75, 3.05) is 31.1 Å². The van der Waals surface area contributed by atoms with Crippen molar-refractivity contribution in [2.24, 2.45) is 0 Å². The van der Waals surface area contributed by atoms with E-state index in [9.17, 15) is 5.11 Å². The Hall–Kier alpha value is -2.70. The van der Waals surface area contributed by atoms with Gasteiger partial charge in [0.15, 0.2) is 0 Å².